The molecule has 0 aliphatic carbocycles. The van der Waals surface area contributed by atoms with Gasteiger partial charge in [-0.05, 0) is 26.1 Å². The van der Waals surface area contributed by atoms with E-state index in [4.69, 9.17) is 21.5 Å². The van der Waals surface area contributed by atoms with Crippen molar-refractivity contribution in [2.45, 2.75) is 49.9 Å². The molecule has 16 heteroatoms. The Morgan fingerprint density at radius 1 is 1.34 bits per heavy atom. The standard InChI is InChI=1S/C16H19F3N3O8PS/c1-15(2,26)31(27,28)29-5-8-10(24)11(25)13(30-8)22-4-6-7(23)3-9(16(17,18)19)20-12(6)21-14(22)32/h3-4,8,10-11,13,24-26H,5H2,1-2H3,(H,27,28)(H,20,21,32)/t8-,10?,11?,13-/m1/s1. The van der Waals surface area contributed by atoms with Crippen molar-refractivity contribution in [3.05, 3.63) is 33.0 Å². The Balaban J connectivity index is 1.92. The molecule has 2 aromatic heterocycles. The van der Waals surface area contributed by atoms with E-state index in [1.807, 2.05) is 4.98 Å². The minimum Gasteiger partial charge on any atom is -0.387 e. The lowest BCUT2D eigenvalue weighted by Crippen LogP contribution is -2.34. The van der Waals surface area contributed by atoms with Crippen molar-refractivity contribution in [2.24, 2.45) is 0 Å². The fourth-order valence-corrected chi connectivity index (χ4v) is 3.79. The van der Waals surface area contributed by atoms with Crippen molar-refractivity contribution in [3.8, 4) is 0 Å². The molecule has 2 aromatic rings. The van der Waals surface area contributed by atoms with Gasteiger partial charge in [-0.15, -0.1) is 0 Å². The fourth-order valence-electron chi connectivity index (χ4n) is 2.88. The second kappa shape index (κ2) is 8.25. The van der Waals surface area contributed by atoms with Gasteiger partial charge in [-0.2, -0.15) is 13.2 Å². The minimum absolute atomic E-state index is 0.293. The molecule has 0 radical (unpaired) electrons. The summed E-state index contributed by atoms with van der Waals surface area (Å²) in [4.78, 5) is 27.7. The maximum absolute atomic E-state index is 12.9. The molecule has 0 spiro atoms. The van der Waals surface area contributed by atoms with E-state index in [1.54, 1.807) is 0 Å². The van der Waals surface area contributed by atoms with Crippen molar-refractivity contribution in [3.63, 3.8) is 0 Å². The molecule has 0 bridgehead atoms. The quantitative estimate of drug-likeness (QED) is 0.295. The molecule has 32 heavy (non-hydrogen) atoms. The highest BCUT2D eigenvalue weighted by Crippen LogP contribution is 2.53. The predicted octanol–water partition coefficient (Wildman–Crippen LogP) is 1.02. The lowest BCUT2D eigenvalue weighted by Gasteiger charge is -2.25. The zero-order valence-electron chi connectivity index (χ0n) is 16.5. The van der Waals surface area contributed by atoms with Crippen LogP contribution in [0.5, 0.6) is 0 Å². The Hall–Kier alpha value is -1.71. The number of nitrogens with zero attached hydrogens (tertiary/aromatic N) is 2. The molecular formula is C16H19F3N3O8PS. The molecule has 178 valence electrons. The summed E-state index contributed by atoms with van der Waals surface area (Å²) < 4.78 is 61.6. The third kappa shape index (κ3) is 4.65. The monoisotopic (exact) mass is 501 g/mol. The van der Waals surface area contributed by atoms with E-state index in [0.29, 0.717) is 6.07 Å². The summed E-state index contributed by atoms with van der Waals surface area (Å²) in [6.45, 7) is 1.38. The van der Waals surface area contributed by atoms with E-state index in [-0.39, 0.29) is 10.2 Å². The molecule has 0 aromatic carbocycles. The summed E-state index contributed by atoms with van der Waals surface area (Å²) >= 11 is 5.03. The number of hydrogen-bond acceptors (Lipinski definition) is 9. The van der Waals surface area contributed by atoms with Crippen LogP contribution in [0, 0.1) is 4.77 Å². The number of hydrogen-bond donors (Lipinski definition) is 5. The summed E-state index contributed by atoms with van der Waals surface area (Å²) in [6.07, 6.45) is -9.89. The van der Waals surface area contributed by atoms with Crippen LogP contribution in [0.1, 0.15) is 25.8 Å². The van der Waals surface area contributed by atoms with Gasteiger partial charge in [-0.25, -0.2) is 4.98 Å². The Morgan fingerprint density at radius 2 is 1.97 bits per heavy atom. The second-order valence-corrected chi connectivity index (χ2v) is 10.4. The number of ether oxygens (including phenoxy) is 1. The number of fused-ring (bicyclic) bond motifs is 1. The highest BCUT2D eigenvalue weighted by Gasteiger charge is 2.46. The van der Waals surface area contributed by atoms with E-state index >= 15 is 0 Å². The van der Waals surface area contributed by atoms with Crippen molar-refractivity contribution in [1.29, 1.82) is 0 Å². The number of alkyl halides is 3. The fraction of sp³-hybridized carbons (Fsp3) is 0.562. The van der Waals surface area contributed by atoms with Gasteiger partial charge in [0, 0.05) is 12.3 Å². The highest BCUT2D eigenvalue weighted by atomic mass is 32.1. The lowest BCUT2D eigenvalue weighted by atomic mass is 10.1. The topological polar surface area (TPSA) is 167 Å². The first-order chi connectivity index (χ1) is 14.5. The molecular weight excluding hydrogens is 482 g/mol. The van der Waals surface area contributed by atoms with E-state index in [0.717, 1.165) is 24.6 Å². The van der Waals surface area contributed by atoms with Crippen molar-refractivity contribution >= 4 is 30.8 Å². The average Bonchev–Trinajstić information content (AvgIpc) is 2.92. The number of halogens is 3. The average molecular weight is 501 g/mol. The van der Waals surface area contributed by atoms with Gasteiger partial charge in [0.25, 0.3) is 0 Å². The predicted molar refractivity (Wildman–Crippen MR) is 104 cm³/mol. The van der Waals surface area contributed by atoms with E-state index in [1.165, 1.54) is 0 Å². The van der Waals surface area contributed by atoms with Crippen molar-refractivity contribution in [2.75, 3.05) is 6.61 Å². The largest absolute Gasteiger partial charge is 0.431 e. The van der Waals surface area contributed by atoms with Gasteiger partial charge in [0.05, 0.1) is 12.0 Å². The van der Waals surface area contributed by atoms with Crippen LogP contribution in [0.3, 0.4) is 0 Å². The Morgan fingerprint density at radius 3 is 2.53 bits per heavy atom. The summed E-state index contributed by atoms with van der Waals surface area (Å²) in [5.74, 6) is 0. The number of aromatic nitrogens is 3. The number of H-pyrrole nitrogens is 1. The van der Waals surface area contributed by atoms with Gasteiger partial charge >= 0.3 is 13.8 Å². The van der Waals surface area contributed by atoms with Gasteiger partial charge in [-0.1, -0.05) is 0 Å². The minimum atomic E-state index is -4.82. The normalized spacial score (nSPS) is 26.4. The highest BCUT2D eigenvalue weighted by molar-refractivity contribution is 7.71. The molecule has 11 nitrogen and oxygen atoms in total. The first-order valence-electron chi connectivity index (χ1n) is 8.98. The third-order valence-corrected chi connectivity index (χ3v) is 6.95. The number of nitrogens with one attached hydrogen (secondary N) is 1. The molecule has 0 saturated carbocycles. The zero-order chi connectivity index (χ0) is 24.2. The summed E-state index contributed by atoms with van der Waals surface area (Å²) in [5.41, 5.74) is -2.79. The van der Waals surface area contributed by atoms with Gasteiger partial charge in [0.15, 0.2) is 17.0 Å². The molecule has 1 aliphatic rings. The number of rotatable bonds is 5. The van der Waals surface area contributed by atoms with E-state index in [9.17, 15) is 42.7 Å². The van der Waals surface area contributed by atoms with Crippen LogP contribution in [-0.4, -0.2) is 65.0 Å². The molecule has 3 unspecified atom stereocenters. The molecule has 1 aliphatic heterocycles. The van der Waals surface area contributed by atoms with Crippen LogP contribution < -0.4 is 5.43 Å². The molecule has 0 amide bonds. The summed E-state index contributed by atoms with van der Waals surface area (Å²) in [7, 11) is -4.53. The zero-order valence-corrected chi connectivity index (χ0v) is 18.2. The molecule has 1 saturated heterocycles. The van der Waals surface area contributed by atoms with Crippen LogP contribution in [0.15, 0.2) is 17.1 Å². The van der Waals surface area contributed by atoms with Gasteiger partial charge < -0.3 is 34.5 Å². The van der Waals surface area contributed by atoms with Crippen LogP contribution >= 0.6 is 19.8 Å². The molecule has 5 N–H and O–H groups in total. The number of aliphatic hydroxyl groups excluding tert-OH is 2. The number of aliphatic hydroxyl groups is 3. The van der Waals surface area contributed by atoms with Crippen LogP contribution in [0.2, 0.25) is 0 Å². The first kappa shape index (κ1) is 24.9. The van der Waals surface area contributed by atoms with Crippen LogP contribution in [-0.2, 0) is 20.0 Å². The van der Waals surface area contributed by atoms with Crippen molar-refractivity contribution < 1.29 is 47.2 Å². The molecule has 3 heterocycles. The third-order valence-electron chi connectivity index (χ3n) is 4.77. The maximum atomic E-state index is 12.9. The smallest absolute Gasteiger partial charge is 0.387 e. The van der Waals surface area contributed by atoms with E-state index in [2.05, 4.69) is 4.98 Å². The molecule has 5 atom stereocenters. The Labute approximate surface area is 182 Å². The SMILES string of the molecule is CC(C)(O)P(=O)(O)OC[C@H]1O[C@@H](n2cc3c(=O)cc(C(F)(F)F)[nH]c3nc2=S)C(O)C1O. The van der Waals surface area contributed by atoms with Crippen LogP contribution in [0.25, 0.3) is 11.0 Å². The second-order valence-electron chi connectivity index (χ2n) is 7.59. The van der Waals surface area contributed by atoms with E-state index < -0.39 is 67.0 Å². The summed E-state index contributed by atoms with van der Waals surface area (Å²) in [5, 5.41) is 27.9. The van der Waals surface area contributed by atoms with Gasteiger partial charge in [-0.3, -0.25) is 13.9 Å². The summed E-state index contributed by atoms with van der Waals surface area (Å²) in [6, 6.07) is 0.338. The van der Waals surface area contributed by atoms with Crippen molar-refractivity contribution in [1.82, 2.24) is 14.5 Å². The lowest BCUT2D eigenvalue weighted by molar-refractivity contribution is -0.141. The molecule has 3 rings (SSSR count). The van der Waals surface area contributed by atoms with Crippen LogP contribution in [0.4, 0.5) is 13.2 Å². The number of aromatic amines is 1. The van der Waals surface area contributed by atoms with Gasteiger partial charge in [0.2, 0.25) is 4.77 Å². The Kier molecular flexibility index (Phi) is 6.43. The van der Waals surface area contributed by atoms with Gasteiger partial charge in [0.1, 0.15) is 29.7 Å². The first-order valence-corrected chi connectivity index (χ1v) is 11.0. The maximum Gasteiger partial charge on any atom is 0.431 e. The Bertz CT molecular complexity index is 1190. The number of pyridine rings is 1. The molecule has 1 fully saturated rings.